The van der Waals surface area contributed by atoms with Gasteiger partial charge in [0, 0.05) is 30.5 Å². The number of fused-ring (bicyclic) bond motifs is 1. The molecule has 2 amide bonds. The van der Waals surface area contributed by atoms with Crippen LogP contribution in [0.1, 0.15) is 37.5 Å². The molecule has 2 atom stereocenters. The number of furan rings is 1. The first kappa shape index (κ1) is 15.3. The number of rotatable bonds is 3. The van der Waals surface area contributed by atoms with Crippen LogP contribution in [0.15, 0.2) is 34.7 Å². The summed E-state index contributed by atoms with van der Waals surface area (Å²) in [6.07, 6.45) is 4.44. The summed E-state index contributed by atoms with van der Waals surface area (Å²) in [7, 11) is 0. The lowest BCUT2D eigenvalue weighted by Crippen LogP contribution is -2.42. The van der Waals surface area contributed by atoms with Crippen molar-refractivity contribution in [1.82, 2.24) is 10.2 Å². The molecule has 1 N–H and O–H groups in total. The number of benzene rings is 1. The van der Waals surface area contributed by atoms with E-state index >= 15 is 0 Å². The zero-order valence-electron chi connectivity index (χ0n) is 14.4. The van der Waals surface area contributed by atoms with E-state index in [2.05, 4.69) is 17.4 Å². The van der Waals surface area contributed by atoms with Crippen LogP contribution in [0.25, 0.3) is 11.0 Å². The van der Waals surface area contributed by atoms with Gasteiger partial charge in [0.1, 0.15) is 11.3 Å². The van der Waals surface area contributed by atoms with E-state index in [9.17, 15) is 4.79 Å². The lowest BCUT2D eigenvalue weighted by molar-refractivity contribution is 0.151. The summed E-state index contributed by atoms with van der Waals surface area (Å²) >= 11 is 0. The zero-order chi connectivity index (χ0) is 16.9. The van der Waals surface area contributed by atoms with E-state index in [1.165, 1.54) is 0 Å². The fourth-order valence-electron chi connectivity index (χ4n) is 4.31. The van der Waals surface area contributed by atoms with E-state index in [-0.39, 0.29) is 17.5 Å². The Labute approximate surface area is 147 Å². The van der Waals surface area contributed by atoms with Crippen LogP contribution < -0.4 is 5.32 Å². The van der Waals surface area contributed by atoms with E-state index in [1.807, 2.05) is 23.1 Å². The van der Waals surface area contributed by atoms with Crippen LogP contribution in [0, 0.1) is 11.3 Å². The number of nitrogens with zero attached hydrogens (tertiary/aromatic N) is 1. The first-order valence-corrected chi connectivity index (χ1v) is 9.34. The van der Waals surface area contributed by atoms with Crippen LogP contribution in [-0.4, -0.2) is 37.2 Å². The quantitative estimate of drug-likeness (QED) is 0.927. The lowest BCUT2D eigenvalue weighted by Gasteiger charge is -2.24. The highest BCUT2D eigenvalue weighted by molar-refractivity contribution is 5.79. The molecular formula is C20H24N2O3. The second-order valence-electron chi connectivity index (χ2n) is 7.93. The Hall–Kier alpha value is -2.01. The van der Waals surface area contributed by atoms with Gasteiger partial charge >= 0.3 is 6.03 Å². The molecule has 1 saturated carbocycles. The standard InChI is InChI=1S/C20H24N2O3/c23-19(22-9-7-20(12-22)8-10-24-13-20)21-18(14-5-6-14)17-11-15-3-1-2-4-16(15)25-17/h1-4,11,14,18H,5-10,12-13H2,(H,21,23)/t18-,20+/m0/s1. The molecule has 2 saturated heterocycles. The minimum Gasteiger partial charge on any atom is -0.459 e. The second kappa shape index (κ2) is 5.77. The maximum Gasteiger partial charge on any atom is 0.318 e. The third kappa shape index (κ3) is 2.80. The largest absolute Gasteiger partial charge is 0.459 e. The molecule has 0 bridgehead atoms. The van der Waals surface area contributed by atoms with Gasteiger partial charge in [0.05, 0.1) is 12.6 Å². The van der Waals surface area contributed by atoms with Gasteiger partial charge in [-0.05, 0) is 43.7 Å². The van der Waals surface area contributed by atoms with Gasteiger partial charge < -0.3 is 19.4 Å². The third-order valence-electron chi connectivity index (χ3n) is 6.03. The molecule has 1 spiro atoms. The molecule has 5 heteroatoms. The van der Waals surface area contributed by atoms with E-state index in [1.54, 1.807) is 0 Å². The number of nitrogens with one attached hydrogen (secondary N) is 1. The number of amides is 2. The number of carbonyl (C=O) groups excluding carboxylic acids is 1. The Morgan fingerprint density at radius 2 is 2.16 bits per heavy atom. The van der Waals surface area contributed by atoms with Crippen molar-refractivity contribution < 1.29 is 13.9 Å². The van der Waals surface area contributed by atoms with Crippen molar-refractivity contribution in [3.63, 3.8) is 0 Å². The molecule has 2 aromatic rings. The lowest BCUT2D eigenvalue weighted by atomic mass is 9.87. The first-order chi connectivity index (χ1) is 12.2. The van der Waals surface area contributed by atoms with Crippen molar-refractivity contribution in [2.24, 2.45) is 11.3 Å². The minimum absolute atomic E-state index is 0.0173. The number of likely N-dealkylation sites (tertiary alicyclic amines) is 1. The average Bonchev–Trinajstić information content (AvgIpc) is 3.06. The summed E-state index contributed by atoms with van der Waals surface area (Å²) in [6.45, 7) is 3.27. The van der Waals surface area contributed by atoms with Gasteiger partial charge in [-0.2, -0.15) is 0 Å². The number of urea groups is 1. The molecule has 3 fully saturated rings. The molecule has 25 heavy (non-hydrogen) atoms. The first-order valence-electron chi connectivity index (χ1n) is 9.34. The summed E-state index contributed by atoms with van der Waals surface area (Å²) in [6, 6.07) is 10.1. The van der Waals surface area contributed by atoms with Crippen LogP contribution in [0.2, 0.25) is 0 Å². The van der Waals surface area contributed by atoms with Crippen LogP contribution in [0.3, 0.4) is 0 Å². The van der Waals surface area contributed by atoms with Crippen molar-refractivity contribution in [2.45, 2.75) is 31.7 Å². The normalized spacial score (nSPS) is 27.3. The third-order valence-corrected chi connectivity index (χ3v) is 6.03. The molecule has 5 rings (SSSR count). The maximum absolute atomic E-state index is 12.8. The summed E-state index contributed by atoms with van der Waals surface area (Å²) in [5.74, 6) is 1.38. The van der Waals surface area contributed by atoms with Crippen molar-refractivity contribution in [2.75, 3.05) is 26.3 Å². The summed E-state index contributed by atoms with van der Waals surface area (Å²) in [5.41, 5.74) is 1.09. The summed E-state index contributed by atoms with van der Waals surface area (Å²) in [4.78, 5) is 14.8. The topological polar surface area (TPSA) is 54.7 Å². The average molecular weight is 340 g/mol. The maximum atomic E-state index is 12.8. The Kier molecular flexibility index (Phi) is 3.52. The predicted octanol–water partition coefficient (Wildman–Crippen LogP) is 3.71. The van der Waals surface area contributed by atoms with E-state index in [0.717, 1.165) is 68.7 Å². The van der Waals surface area contributed by atoms with Gasteiger partial charge in [-0.3, -0.25) is 0 Å². The van der Waals surface area contributed by atoms with E-state index in [0.29, 0.717) is 5.92 Å². The Morgan fingerprint density at radius 1 is 1.28 bits per heavy atom. The van der Waals surface area contributed by atoms with Crippen molar-refractivity contribution in [1.29, 1.82) is 0 Å². The smallest absolute Gasteiger partial charge is 0.318 e. The SMILES string of the molecule is O=C(N[C@H](c1cc2ccccc2o1)C1CC1)N1CC[C@@]2(CCOC2)C1. The Balaban J connectivity index is 1.33. The summed E-state index contributed by atoms with van der Waals surface area (Å²) < 4.78 is 11.6. The molecule has 0 unspecified atom stereocenters. The molecule has 0 radical (unpaired) electrons. The molecule has 1 aromatic heterocycles. The van der Waals surface area contributed by atoms with Crippen LogP contribution >= 0.6 is 0 Å². The zero-order valence-corrected chi connectivity index (χ0v) is 14.4. The highest BCUT2D eigenvalue weighted by Crippen LogP contribution is 2.43. The highest BCUT2D eigenvalue weighted by atomic mass is 16.5. The number of carbonyl (C=O) groups is 1. The van der Waals surface area contributed by atoms with E-state index < -0.39 is 0 Å². The number of para-hydroxylation sites is 1. The number of hydrogen-bond acceptors (Lipinski definition) is 3. The fourth-order valence-corrected chi connectivity index (χ4v) is 4.31. The molecule has 3 aliphatic rings. The molecule has 3 heterocycles. The molecule has 5 nitrogen and oxygen atoms in total. The van der Waals surface area contributed by atoms with Crippen molar-refractivity contribution >= 4 is 17.0 Å². The Morgan fingerprint density at radius 3 is 2.92 bits per heavy atom. The van der Waals surface area contributed by atoms with E-state index in [4.69, 9.17) is 9.15 Å². The van der Waals surface area contributed by atoms with Gasteiger partial charge in [-0.15, -0.1) is 0 Å². The summed E-state index contributed by atoms with van der Waals surface area (Å²) in [5, 5.41) is 4.35. The molecule has 132 valence electrons. The Bertz CT molecular complexity index is 756. The van der Waals surface area contributed by atoms with Gasteiger partial charge in [-0.25, -0.2) is 4.79 Å². The van der Waals surface area contributed by atoms with Crippen LogP contribution in [0.4, 0.5) is 4.79 Å². The highest BCUT2D eigenvalue weighted by Gasteiger charge is 2.44. The van der Waals surface area contributed by atoms with Gasteiger partial charge in [-0.1, -0.05) is 18.2 Å². The monoisotopic (exact) mass is 340 g/mol. The van der Waals surface area contributed by atoms with Crippen LogP contribution in [-0.2, 0) is 4.74 Å². The van der Waals surface area contributed by atoms with Crippen molar-refractivity contribution in [3.8, 4) is 0 Å². The van der Waals surface area contributed by atoms with Crippen LogP contribution in [0.5, 0.6) is 0 Å². The van der Waals surface area contributed by atoms with Gasteiger partial charge in [0.2, 0.25) is 0 Å². The number of ether oxygens (including phenoxy) is 1. The van der Waals surface area contributed by atoms with Gasteiger partial charge in [0.25, 0.3) is 0 Å². The molecule has 1 aromatic carbocycles. The number of hydrogen-bond donors (Lipinski definition) is 1. The molecular weight excluding hydrogens is 316 g/mol. The molecule has 1 aliphatic carbocycles. The second-order valence-corrected chi connectivity index (χ2v) is 7.93. The van der Waals surface area contributed by atoms with Gasteiger partial charge in [0.15, 0.2) is 0 Å². The minimum atomic E-state index is -0.0173. The molecule has 2 aliphatic heterocycles. The predicted molar refractivity (Wildman–Crippen MR) is 94.3 cm³/mol. The van der Waals surface area contributed by atoms with Crippen molar-refractivity contribution in [3.05, 3.63) is 36.1 Å². The fraction of sp³-hybridized carbons (Fsp3) is 0.550.